The molecule has 0 aromatic heterocycles. The second-order valence-electron chi connectivity index (χ2n) is 4.61. The summed E-state index contributed by atoms with van der Waals surface area (Å²) in [5.74, 6) is 0.256. The van der Waals surface area contributed by atoms with Gasteiger partial charge in [-0.2, -0.15) is 0 Å². The van der Waals surface area contributed by atoms with E-state index in [1.54, 1.807) is 18.2 Å². The molecule has 0 saturated heterocycles. The molecule has 0 aliphatic carbocycles. The fourth-order valence-electron chi connectivity index (χ4n) is 1.84. The molecule has 0 radical (unpaired) electrons. The third kappa shape index (κ3) is 6.36. The van der Waals surface area contributed by atoms with E-state index in [0.717, 1.165) is 12.0 Å². The molecule has 3 N–H and O–H groups in total. The van der Waals surface area contributed by atoms with Crippen molar-refractivity contribution in [1.29, 1.82) is 0 Å². The standard InChI is InChI=1S/C9H12O.C8H10O2/c1-8-3-2-4-9(7-8)5-6-10;9-5-4-7-2-1-3-8(10)6-7/h2-4,7,10H,5-6H2,1H3;1-3,6,9-10H,4-5H2. The van der Waals surface area contributed by atoms with Crippen LogP contribution in [0, 0.1) is 6.92 Å². The number of benzene rings is 2. The number of hydrogen-bond donors (Lipinski definition) is 3. The molecule has 0 fully saturated rings. The second-order valence-corrected chi connectivity index (χ2v) is 4.61. The molecule has 3 nitrogen and oxygen atoms in total. The predicted octanol–water partition coefficient (Wildman–Crippen LogP) is 2.46. The summed E-state index contributed by atoms with van der Waals surface area (Å²) < 4.78 is 0. The third-order valence-electron chi connectivity index (χ3n) is 2.79. The van der Waals surface area contributed by atoms with E-state index in [4.69, 9.17) is 15.3 Å². The second kappa shape index (κ2) is 9.13. The Morgan fingerprint density at radius 3 is 1.85 bits per heavy atom. The van der Waals surface area contributed by atoms with Gasteiger partial charge in [0, 0.05) is 13.2 Å². The van der Waals surface area contributed by atoms with Crippen LogP contribution in [-0.4, -0.2) is 28.5 Å². The third-order valence-corrected chi connectivity index (χ3v) is 2.79. The van der Waals surface area contributed by atoms with Crippen molar-refractivity contribution in [3.05, 3.63) is 65.2 Å². The van der Waals surface area contributed by atoms with Gasteiger partial charge in [0.2, 0.25) is 0 Å². The number of aryl methyl sites for hydroxylation is 1. The van der Waals surface area contributed by atoms with Crippen LogP contribution < -0.4 is 0 Å². The summed E-state index contributed by atoms with van der Waals surface area (Å²) in [6, 6.07) is 15.1. The first-order valence-corrected chi connectivity index (χ1v) is 6.71. The van der Waals surface area contributed by atoms with E-state index in [0.29, 0.717) is 6.42 Å². The van der Waals surface area contributed by atoms with Gasteiger partial charge in [-0.05, 0) is 43.0 Å². The topological polar surface area (TPSA) is 60.7 Å². The highest BCUT2D eigenvalue weighted by Crippen LogP contribution is 2.10. The van der Waals surface area contributed by atoms with E-state index in [2.05, 4.69) is 19.1 Å². The molecule has 3 heteroatoms. The zero-order valence-corrected chi connectivity index (χ0v) is 11.8. The minimum atomic E-state index is 0.128. The summed E-state index contributed by atoms with van der Waals surface area (Å²) in [6.45, 7) is 2.42. The quantitative estimate of drug-likeness (QED) is 0.802. The average Bonchev–Trinajstić information content (AvgIpc) is 2.40. The van der Waals surface area contributed by atoms with Gasteiger partial charge in [0.15, 0.2) is 0 Å². The molecular weight excluding hydrogens is 252 g/mol. The number of phenols is 1. The van der Waals surface area contributed by atoms with E-state index in [9.17, 15) is 0 Å². The first kappa shape index (κ1) is 16.2. The first-order chi connectivity index (χ1) is 9.65. The number of aliphatic hydroxyl groups is 2. The molecular formula is C17H22O3. The van der Waals surface area contributed by atoms with Crippen molar-refractivity contribution >= 4 is 0 Å². The first-order valence-electron chi connectivity index (χ1n) is 6.71. The normalized spacial score (nSPS) is 9.75. The van der Waals surface area contributed by atoms with Gasteiger partial charge in [-0.1, -0.05) is 42.0 Å². The molecule has 0 atom stereocenters. The van der Waals surface area contributed by atoms with Crippen molar-refractivity contribution in [2.75, 3.05) is 13.2 Å². The number of phenolic OH excluding ortho intramolecular Hbond substituents is 1. The lowest BCUT2D eigenvalue weighted by Crippen LogP contribution is -1.89. The molecule has 0 saturated carbocycles. The molecule has 0 aliphatic heterocycles. The van der Waals surface area contributed by atoms with Crippen LogP contribution in [0.3, 0.4) is 0 Å². The Morgan fingerprint density at radius 2 is 1.35 bits per heavy atom. The Balaban J connectivity index is 0.000000200. The van der Waals surface area contributed by atoms with Crippen molar-refractivity contribution in [2.45, 2.75) is 19.8 Å². The number of aliphatic hydroxyl groups excluding tert-OH is 2. The Bertz CT molecular complexity index is 462. The molecule has 2 rings (SSSR count). The lowest BCUT2D eigenvalue weighted by Gasteiger charge is -1.97. The van der Waals surface area contributed by atoms with Gasteiger partial charge in [0.05, 0.1) is 0 Å². The number of hydrogen-bond acceptors (Lipinski definition) is 3. The highest BCUT2D eigenvalue weighted by Gasteiger charge is 1.91. The highest BCUT2D eigenvalue weighted by atomic mass is 16.3. The van der Waals surface area contributed by atoms with E-state index >= 15 is 0 Å². The molecule has 20 heavy (non-hydrogen) atoms. The van der Waals surface area contributed by atoms with Crippen LogP contribution in [0.2, 0.25) is 0 Å². The van der Waals surface area contributed by atoms with E-state index in [-0.39, 0.29) is 19.0 Å². The van der Waals surface area contributed by atoms with Gasteiger partial charge in [0.25, 0.3) is 0 Å². The van der Waals surface area contributed by atoms with Crippen molar-refractivity contribution in [1.82, 2.24) is 0 Å². The highest BCUT2D eigenvalue weighted by molar-refractivity contribution is 5.27. The maximum absolute atomic E-state index is 8.96. The van der Waals surface area contributed by atoms with E-state index in [1.807, 2.05) is 18.2 Å². The fraction of sp³-hybridized carbons (Fsp3) is 0.294. The zero-order valence-electron chi connectivity index (χ0n) is 11.8. The summed E-state index contributed by atoms with van der Waals surface area (Å²) in [4.78, 5) is 0. The molecule has 108 valence electrons. The maximum atomic E-state index is 8.96. The maximum Gasteiger partial charge on any atom is 0.115 e. The van der Waals surface area contributed by atoms with Gasteiger partial charge < -0.3 is 15.3 Å². The number of aromatic hydroxyl groups is 1. The van der Waals surface area contributed by atoms with Crippen molar-refractivity contribution < 1.29 is 15.3 Å². The molecule has 0 heterocycles. The van der Waals surface area contributed by atoms with Gasteiger partial charge in [-0.3, -0.25) is 0 Å². The molecule has 2 aromatic carbocycles. The summed E-state index contributed by atoms with van der Waals surface area (Å²) in [7, 11) is 0. The van der Waals surface area contributed by atoms with Crippen LogP contribution in [0.25, 0.3) is 0 Å². The zero-order chi connectivity index (χ0) is 14.8. The fourth-order valence-corrected chi connectivity index (χ4v) is 1.84. The summed E-state index contributed by atoms with van der Waals surface area (Å²) in [6.07, 6.45) is 1.37. The molecule has 0 aliphatic rings. The van der Waals surface area contributed by atoms with Gasteiger partial charge >= 0.3 is 0 Å². The minimum Gasteiger partial charge on any atom is -0.508 e. The molecule has 2 aromatic rings. The smallest absolute Gasteiger partial charge is 0.115 e. The van der Waals surface area contributed by atoms with E-state index in [1.165, 1.54) is 11.1 Å². The SMILES string of the molecule is Cc1cccc(CCO)c1.OCCc1cccc(O)c1. The lowest BCUT2D eigenvalue weighted by molar-refractivity contribution is 0.299. The van der Waals surface area contributed by atoms with Gasteiger partial charge in [-0.15, -0.1) is 0 Å². The van der Waals surface area contributed by atoms with E-state index < -0.39 is 0 Å². The minimum absolute atomic E-state index is 0.128. The Labute approximate surface area is 120 Å². The van der Waals surface area contributed by atoms with Crippen LogP contribution >= 0.6 is 0 Å². The summed E-state index contributed by atoms with van der Waals surface area (Å²) in [5, 5.41) is 26.1. The Hall–Kier alpha value is -1.84. The Kier molecular flexibility index (Phi) is 7.40. The lowest BCUT2D eigenvalue weighted by atomic mass is 10.1. The van der Waals surface area contributed by atoms with Crippen LogP contribution in [0.5, 0.6) is 5.75 Å². The Morgan fingerprint density at radius 1 is 0.800 bits per heavy atom. The summed E-state index contributed by atoms with van der Waals surface area (Å²) in [5.41, 5.74) is 3.43. The van der Waals surface area contributed by atoms with Crippen LogP contribution in [0.15, 0.2) is 48.5 Å². The predicted molar refractivity (Wildman–Crippen MR) is 80.9 cm³/mol. The van der Waals surface area contributed by atoms with Crippen molar-refractivity contribution in [3.8, 4) is 5.75 Å². The molecule has 0 bridgehead atoms. The largest absolute Gasteiger partial charge is 0.508 e. The summed E-state index contributed by atoms with van der Waals surface area (Å²) >= 11 is 0. The molecule has 0 unspecified atom stereocenters. The average molecular weight is 274 g/mol. The van der Waals surface area contributed by atoms with Gasteiger partial charge in [-0.25, -0.2) is 0 Å². The monoisotopic (exact) mass is 274 g/mol. The van der Waals surface area contributed by atoms with Crippen molar-refractivity contribution in [3.63, 3.8) is 0 Å². The van der Waals surface area contributed by atoms with Crippen LogP contribution in [0.4, 0.5) is 0 Å². The van der Waals surface area contributed by atoms with Crippen molar-refractivity contribution in [2.24, 2.45) is 0 Å². The number of rotatable bonds is 4. The molecule has 0 spiro atoms. The van der Waals surface area contributed by atoms with Gasteiger partial charge in [0.1, 0.15) is 5.75 Å². The van der Waals surface area contributed by atoms with Crippen LogP contribution in [0.1, 0.15) is 16.7 Å². The van der Waals surface area contributed by atoms with Crippen LogP contribution in [-0.2, 0) is 12.8 Å². The molecule has 0 amide bonds.